The van der Waals surface area contributed by atoms with Gasteiger partial charge in [0.2, 0.25) is 11.1 Å². The summed E-state index contributed by atoms with van der Waals surface area (Å²) in [6.45, 7) is 2.32. The summed E-state index contributed by atoms with van der Waals surface area (Å²) in [5, 5.41) is 12.5. The van der Waals surface area contributed by atoms with E-state index in [0.29, 0.717) is 51.2 Å². The Kier molecular flexibility index (Phi) is 8.26. The lowest BCUT2D eigenvalue weighted by molar-refractivity contribution is -0.113. The highest BCUT2D eigenvalue weighted by Crippen LogP contribution is 2.38. The number of benzene rings is 4. The molecule has 5 aromatic rings. The maximum atomic E-state index is 13.8. The molecule has 0 saturated carbocycles. The van der Waals surface area contributed by atoms with Gasteiger partial charge < -0.3 is 15.4 Å². The summed E-state index contributed by atoms with van der Waals surface area (Å²) in [6, 6.07) is 34.4. The van der Waals surface area contributed by atoms with Crippen molar-refractivity contribution in [2.45, 2.75) is 30.5 Å². The van der Waals surface area contributed by atoms with Gasteiger partial charge in [0.15, 0.2) is 0 Å². The first kappa shape index (κ1) is 27.6. The number of carbonyl (C=O) groups excluding carboxylic acids is 1. The predicted octanol–water partition coefficient (Wildman–Crippen LogP) is 7.73. The van der Waals surface area contributed by atoms with E-state index in [9.17, 15) is 4.79 Å². The smallest absolute Gasteiger partial charge is 0.255 e. The predicted molar refractivity (Wildman–Crippen MR) is 168 cm³/mol. The molecule has 0 aliphatic carbocycles. The van der Waals surface area contributed by atoms with Gasteiger partial charge in [-0.1, -0.05) is 102 Å². The summed E-state index contributed by atoms with van der Waals surface area (Å²) >= 11 is 7.87. The number of hydrogen-bond donors (Lipinski definition) is 2. The Morgan fingerprint density at radius 1 is 0.976 bits per heavy atom. The molecule has 42 heavy (non-hydrogen) atoms. The average molecular weight is 594 g/mol. The molecule has 1 amide bonds. The average Bonchev–Trinajstić information content (AvgIpc) is 3.42. The number of nitrogens with zero attached hydrogens (tertiary/aromatic N) is 3. The Bertz CT molecular complexity index is 1740. The fraction of sp³-hybridized carbons (Fsp3) is 0.121. The summed E-state index contributed by atoms with van der Waals surface area (Å²) in [5.74, 6) is 1.65. The normalized spacial score (nSPS) is 14.2. The standard InChI is InChI=1S/C33H28ClN5O2S/c1-22-29(31(40)36-26-15-6-3-7-16-26)30(24-14-10-17-27(19-24)41-20-23-11-4-2-5-12-23)39-32(35-22)37-33(38-39)42-21-25-13-8-9-18-28(25)34/h2-19,30H,20-21H2,1H3,(H,36,40)(H,35,37,38). The van der Waals surface area contributed by atoms with Gasteiger partial charge in [0.25, 0.3) is 5.91 Å². The first-order valence-corrected chi connectivity index (χ1v) is 14.8. The van der Waals surface area contributed by atoms with Crippen LogP contribution in [0.1, 0.15) is 29.7 Å². The van der Waals surface area contributed by atoms with Crippen molar-refractivity contribution in [2.24, 2.45) is 0 Å². The topological polar surface area (TPSA) is 81.1 Å². The largest absolute Gasteiger partial charge is 0.489 e. The molecule has 7 nitrogen and oxygen atoms in total. The quantitative estimate of drug-likeness (QED) is 0.170. The van der Waals surface area contributed by atoms with Gasteiger partial charge in [-0.15, -0.1) is 5.10 Å². The van der Waals surface area contributed by atoms with Crippen LogP contribution in [-0.2, 0) is 17.2 Å². The Balaban J connectivity index is 1.33. The minimum absolute atomic E-state index is 0.224. The van der Waals surface area contributed by atoms with Crippen LogP contribution < -0.4 is 15.4 Å². The second kappa shape index (κ2) is 12.5. The van der Waals surface area contributed by atoms with Crippen molar-refractivity contribution in [3.63, 3.8) is 0 Å². The van der Waals surface area contributed by atoms with E-state index in [1.54, 1.807) is 4.68 Å². The highest BCUT2D eigenvalue weighted by Gasteiger charge is 2.34. The number of hydrogen-bond acceptors (Lipinski definition) is 6. The number of ether oxygens (including phenoxy) is 1. The molecule has 2 heterocycles. The van der Waals surface area contributed by atoms with Crippen molar-refractivity contribution >= 4 is 40.9 Å². The fourth-order valence-electron chi connectivity index (χ4n) is 4.79. The van der Waals surface area contributed by atoms with E-state index in [-0.39, 0.29) is 5.91 Å². The number of amides is 1. The molecule has 4 aromatic carbocycles. The van der Waals surface area contributed by atoms with Crippen LogP contribution in [0.25, 0.3) is 0 Å². The molecule has 2 N–H and O–H groups in total. The Labute approximate surface area is 253 Å². The molecule has 0 radical (unpaired) electrons. The van der Waals surface area contributed by atoms with Gasteiger partial charge >= 0.3 is 0 Å². The zero-order chi connectivity index (χ0) is 28.9. The third-order valence-electron chi connectivity index (χ3n) is 6.85. The molecular weight excluding hydrogens is 566 g/mol. The highest BCUT2D eigenvalue weighted by molar-refractivity contribution is 7.98. The minimum Gasteiger partial charge on any atom is -0.489 e. The van der Waals surface area contributed by atoms with Crippen molar-refractivity contribution in [3.8, 4) is 5.75 Å². The van der Waals surface area contributed by atoms with E-state index in [2.05, 4.69) is 10.6 Å². The van der Waals surface area contributed by atoms with Gasteiger partial charge in [-0.2, -0.15) is 4.98 Å². The van der Waals surface area contributed by atoms with E-state index in [4.69, 9.17) is 26.4 Å². The molecule has 0 saturated heterocycles. The number of allylic oxidation sites excluding steroid dienone is 1. The molecule has 1 aliphatic heterocycles. The van der Waals surface area contributed by atoms with Crippen LogP contribution in [0.2, 0.25) is 5.02 Å². The van der Waals surface area contributed by atoms with Crippen molar-refractivity contribution in [1.82, 2.24) is 14.8 Å². The van der Waals surface area contributed by atoms with Crippen LogP contribution >= 0.6 is 23.4 Å². The number of halogens is 1. The number of para-hydroxylation sites is 1. The van der Waals surface area contributed by atoms with E-state index >= 15 is 0 Å². The molecule has 0 spiro atoms. The van der Waals surface area contributed by atoms with E-state index in [1.807, 2.05) is 116 Å². The van der Waals surface area contributed by atoms with Gasteiger partial charge in [-0.25, -0.2) is 4.68 Å². The second-order valence-electron chi connectivity index (χ2n) is 9.78. The summed E-state index contributed by atoms with van der Waals surface area (Å²) in [4.78, 5) is 18.6. The molecule has 1 unspecified atom stereocenters. The summed E-state index contributed by atoms with van der Waals surface area (Å²) in [7, 11) is 0. The van der Waals surface area contributed by atoms with Crippen LogP contribution in [0.15, 0.2) is 126 Å². The van der Waals surface area contributed by atoms with E-state index in [1.165, 1.54) is 11.8 Å². The second-order valence-corrected chi connectivity index (χ2v) is 11.1. The lowest BCUT2D eigenvalue weighted by Gasteiger charge is -2.29. The number of rotatable bonds is 9. The van der Waals surface area contributed by atoms with Gasteiger partial charge in [-0.3, -0.25) is 4.79 Å². The number of fused-ring (bicyclic) bond motifs is 1. The monoisotopic (exact) mass is 593 g/mol. The number of thioether (sulfide) groups is 1. The van der Waals surface area contributed by atoms with Crippen LogP contribution in [0.5, 0.6) is 5.75 Å². The van der Waals surface area contributed by atoms with Gasteiger partial charge in [0.1, 0.15) is 18.4 Å². The number of carbonyl (C=O) groups is 1. The van der Waals surface area contributed by atoms with Crippen molar-refractivity contribution in [3.05, 3.63) is 142 Å². The maximum absolute atomic E-state index is 13.8. The summed E-state index contributed by atoms with van der Waals surface area (Å²) in [5.41, 5.74) is 4.88. The summed E-state index contributed by atoms with van der Waals surface area (Å²) in [6.07, 6.45) is 0. The third-order valence-corrected chi connectivity index (χ3v) is 8.10. The lowest BCUT2D eigenvalue weighted by Crippen LogP contribution is -2.31. The van der Waals surface area contributed by atoms with Gasteiger partial charge in [0, 0.05) is 22.2 Å². The molecule has 6 rings (SSSR count). The molecule has 0 bridgehead atoms. The molecule has 210 valence electrons. The van der Waals surface area contributed by atoms with E-state index in [0.717, 1.165) is 16.7 Å². The number of aromatic nitrogens is 3. The fourth-order valence-corrected chi connectivity index (χ4v) is 5.90. The van der Waals surface area contributed by atoms with Crippen molar-refractivity contribution < 1.29 is 9.53 Å². The maximum Gasteiger partial charge on any atom is 0.255 e. The summed E-state index contributed by atoms with van der Waals surface area (Å²) < 4.78 is 7.92. The van der Waals surface area contributed by atoms with Gasteiger partial charge in [0.05, 0.1) is 5.57 Å². The third kappa shape index (κ3) is 6.20. The Morgan fingerprint density at radius 3 is 2.50 bits per heavy atom. The first-order chi connectivity index (χ1) is 20.5. The van der Waals surface area contributed by atoms with Crippen LogP contribution in [0, 0.1) is 0 Å². The van der Waals surface area contributed by atoms with Crippen LogP contribution in [0.4, 0.5) is 11.6 Å². The first-order valence-electron chi connectivity index (χ1n) is 13.5. The highest BCUT2D eigenvalue weighted by atomic mass is 35.5. The number of anilines is 2. The SMILES string of the molecule is CC1=C(C(=O)Nc2ccccc2)C(c2cccc(OCc3ccccc3)c2)n2nc(SCc3ccccc3Cl)nc2N1. The zero-order valence-electron chi connectivity index (χ0n) is 22.8. The van der Waals surface area contributed by atoms with Crippen molar-refractivity contribution in [2.75, 3.05) is 10.6 Å². The Hall–Kier alpha value is -4.53. The molecule has 1 aliphatic rings. The van der Waals surface area contributed by atoms with E-state index < -0.39 is 6.04 Å². The molecule has 1 atom stereocenters. The lowest BCUT2D eigenvalue weighted by atomic mass is 9.95. The molecular formula is C33H28ClN5O2S. The Morgan fingerprint density at radius 2 is 1.71 bits per heavy atom. The van der Waals surface area contributed by atoms with Crippen molar-refractivity contribution in [1.29, 1.82) is 0 Å². The zero-order valence-corrected chi connectivity index (χ0v) is 24.4. The molecule has 0 fully saturated rings. The van der Waals surface area contributed by atoms with Crippen LogP contribution in [0.3, 0.4) is 0 Å². The van der Waals surface area contributed by atoms with Crippen LogP contribution in [-0.4, -0.2) is 20.7 Å². The minimum atomic E-state index is -0.535. The molecule has 9 heteroatoms. The molecule has 1 aromatic heterocycles. The van der Waals surface area contributed by atoms with Gasteiger partial charge in [-0.05, 0) is 53.9 Å². The number of nitrogens with one attached hydrogen (secondary N) is 2.